The van der Waals surface area contributed by atoms with Gasteiger partial charge in [-0.05, 0) is 53.9 Å². The summed E-state index contributed by atoms with van der Waals surface area (Å²) >= 11 is 6.64. The molecule has 0 heterocycles. The maximum Gasteiger partial charge on any atom is 0.0376 e. The van der Waals surface area contributed by atoms with Gasteiger partial charge in [-0.1, -0.05) is 25.2 Å². The quantitative estimate of drug-likeness (QED) is 0.289. The Morgan fingerprint density at radius 2 is 1.94 bits per heavy atom. The Morgan fingerprint density at radius 3 is 2.69 bits per heavy atom. The number of hydrogen-bond donors (Lipinski definition) is 0. The fourth-order valence-electron chi connectivity index (χ4n) is 5.92. The molecule has 0 radical (unpaired) electrons. The second-order valence-corrected chi connectivity index (χ2v) is 11.0. The summed E-state index contributed by atoms with van der Waals surface area (Å²) in [6.07, 6.45) is 9.40. The molecule has 4 aliphatic rings. The Bertz CT molecular complexity index is 364. The van der Waals surface area contributed by atoms with E-state index in [2.05, 4.69) is 25.2 Å². The maximum absolute atomic E-state index is 6.64. The summed E-state index contributed by atoms with van der Waals surface area (Å²) in [4.78, 5) is 0. The molecule has 0 spiro atoms. The smallest absolute Gasteiger partial charge is 0.0376 e. The Kier molecular flexibility index (Phi) is 1.90. The predicted molar refractivity (Wildman–Crippen MR) is 71.7 cm³/mol. The standard InChI is InChI=1S/C14H21ClSi/c1-16(2)14-6-10(11(15)7-14)12-8-3-4-9(5-8)13(12)14/h3-4,8-13,16H,5-7H2,1-2H3. The van der Waals surface area contributed by atoms with Gasteiger partial charge in [0.15, 0.2) is 0 Å². The molecular formula is C14H21ClSi. The fraction of sp³-hybridized carbons (Fsp3) is 0.857. The van der Waals surface area contributed by atoms with Crippen molar-refractivity contribution in [3.8, 4) is 0 Å². The second-order valence-electron chi connectivity index (χ2n) is 7.03. The number of halogens is 1. The van der Waals surface area contributed by atoms with Crippen LogP contribution >= 0.6 is 11.6 Å². The van der Waals surface area contributed by atoms with Gasteiger partial charge in [-0.25, -0.2) is 0 Å². The first-order valence-electron chi connectivity index (χ1n) is 6.96. The van der Waals surface area contributed by atoms with Crippen molar-refractivity contribution in [2.75, 3.05) is 0 Å². The lowest BCUT2D eigenvalue weighted by Gasteiger charge is -2.44. The highest BCUT2D eigenvalue weighted by Crippen LogP contribution is 2.75. The minimum absolute atomic E-state index is 0.518. The highest BCUT2D eigenvalue weighted by molar-refractivity contribution is 6.60. The van der Waals surface area contributed by atoms with Crippen molar-refractivity contribution < 1.29 is 0 Å². The number of hydrogen-bond acceptors (Lipinski definition) is 0. The topological polar surface area (TPSA) is 0 Å². The third-order valence-electron chi connectivity index (χ3n) is 6.48. The van der Waals surface area contributed by atoms with Crippen molar-refractivity contribution in [3.05, 3.63) is 12.2 Å². The van der Waals surface area contributed by atoms with Crippen LogP contribution in [0.2, 0.25) is 18.1 Å². The van der Waals surface area contributed by atoms with E-state index in [-0.39, 0.29) is 0 Å². The van der Waals surface area contributed by atoms with E-state index in [0.717, 1.165) is 34.6 Å². The number of alkyl halides is 1. The Morgan fingerprint density at radius 1 is 1.19 bits per heavy atom. The number of allylic oxidation sites excluding steroid dienone is 2. The molecule has 0 aliphatic heterocycles. The van der Waals surface area contributed by atoms with Gasteiger partial charge in [0.1, 0.15) is 0 Å². The number of fused-ring (bicyclic) bond motifs is 9. The molecule has 0 nitrogen and oxygen atoms in total. The third kappa shape index (κ3) is 0.952. The molecule has 16 heavy (non-hydrogen) atoms. The first kappa shape index (κ1) is 10.2. The molecule has 7 unspecified atom stereocenters. The highest BCUT2D eigenvalue weighted by atomic mass is 35.5. The zero-order valence-electron chi connectivity index (χ0n) is 10.2. The van der Waals surface area contributed by atoms with Crippen LogP contribution in [0, 0.1) is 29.6 Å². The lowest BCUT2D eigenvalue weighted by Crippen LogP contribution is -2.39. The Labute approximate surface area is 105 Å². The zero-order chi connectivity index (χ0) is 11.1. The van der Waals surface area contributed by atoms with Gasteiger partial charge >= 0.3 is 0 Å². The Balaban J connectivity index is 1.81. The second kappa shape index (κ2) is 2.98. The fourth-order valence-corrected chi connectivity index (χ4v) is 9.33. The maximum atomic E-state index is 6.64. The van der Waals surface area contributed by atoms with Crippen molar-refractivity contribution in [2.45, 2.75) is 42.8 Å². The summed E-state index contributed by atoms with van der Waals surface area (Å²) in [6, 6.07) is 0. The minimum atomic E-state index is -0.580. The van der Waals surface area contributed by atoms with Crippen molar-refractivity contribution in [1.82, 2.24) is 0 Å². The third-order valence-corrected chi connectivity index (χ3v) is 10.1. The summed E-state index contributed by atoms with van der Waals surface area (Å²) in [5.74, 6) is 4.77. The molecule has 0 N–H and O–H groups in total. The summed E-state index contributed by atoms with van der Waals surface area (Å²) < 4.78 is 0. The first-order valence-corrected chi connectivity index (χ1v) is 10.3. The van der Waals surface area contributed by atoms with Crippen LogP contribution in [0.4, 0.5) is 0 Å². The summed E-state index contributed by atoms with van der Waals surface area (Å²) in [5, 5.41) is 1.26. The average Bonchev–Trinajstić information content (AvgIpc) is 2.92. The number of rotatable bonds is 1. The van der Waals surface area contributed by atoms with Crippen LogP contribution in [-0.2, 0) is 0 Å². The monoisotopic (exact) mass is 252 g/mol. The van der Waals surface area contributed by atoms with Crippen LogP contribution in [0.5, 0.6) is 0 Å². The van der Waals surface area contributed by atoms with Crippen LogP contribution in [0.3, 0.4) is 0 Å². The molecule has 0 saturated heterocycles. The molecule has 7 atom stereocenters. The zero-order valence-corrected chi connectivity index (χ0v) is 12.1. The molecule has 0 aromatic rings. The van der Waals surface area contributed by atoms with Gasteiger partial charge in [0.2, 0.25) is 0 Å². The van der Waals surface area contributed by atoms with Gasteiger partial charge in [-0.3, -0.25) is 0 Å². The summed E-state index contributed by atoms with van der Waals surface area (Å²) in [7, 11) is -0.580. The highest BCUT2D eigenvalue weighted by Gasteiger charge is 2.68. The molecule has 2 heteroatoms. The van der Waals surface area contributed by atoms with Crippen LogP contribution in [0.15, 0.2) is 12.2 Å². The minimum Gasteiger partial charge on any atom is -0.123 e. The van der Waals surface area contributed by atoms with Crippen molar-refractivity contribution in [2.24, 2.45) is 29.6 Å². The van der Waals surface area contributed by atoms with Crippen molar-refractivity contribution in [1.29, 1.82) is 0 Å². The molecule has 3 fully saturated rings. The SMILES string of the molecule is C[SiH](C)C12CC(Cl)C(C1)C1C3C=CC(C3)C12. The van der Waals surface area contributed by atoms with Crippen LogP contribution < -0.4 is 0 Å². The molecule has 3 saturated carbocycles. The van der Waals surface area contributed by atoms with E-state index in [9.17, 15) is 0 Å². The van der Waals surface area contributed by atoms with Crippen molar-refractivity contribution >= 4 is 20.4 Å². The molecular weight excluding hydrogens is 232 g/mol. The first-order chi connectivity index (χ1) is 7.63. The van der Waals surface area contributed by atoms with E-state index in [4.69, 9.17) is 11.6 Å². The molecule has 0 aromatic heterocycles. The van der Waals surface area contributed by atoms with Crippen molar-refractivity contribution in [3.63, 3.8) is 0 Å². The lowest BCUT2D eigenvalue weighted by molar-refractivity contribution is 0.215. The molecule has 0 amide bonds. The molecule has 88 valence electrons. The van der Waals surface area contributed by atoms with E-state index in [1.54, 1.807) is 0 Å². The summed E-state index contributed by atoms with van der Waals surface area (Å²) in [6.45, 7) is 5.15. The van der Waals surface area contributed by atoms with Gasteiger partial charge in [-0.2, -0.15) is 0 Å². The predicted octanol–water partition coefficient (Wildman–Crippen LogP) is 3.68. The average molecular weight is 253 g/mol. The Hall–Kier alpha value is 0.247. The van der Waals surface area contributed by atoms with Crippen LogP contribution in [0.25, 0.3) is 0 Å². The molecule has 4 rings (SSSR count). The molecule has 0 aromatic carbocycles. The van der Waals surface area contributed by atoms with E-state index in [1.807, 2.05) is 0 Å². The van der Waals surface area contributed by atoms with Crippen LogP contribution in [-0.4, -0.2) is 14.2 Å². The van der Waals surface area contributed by atoms with E-state index >= 15 is 0 Å². The van der Waals surface area contributed by atoms with Gasteiger partial charge in [0.25, 0.3) is 0 Å². The van der Waals surface area contributed by atoms with E-state index in [0.29, 0.717) is 5.38 Å². The van der Waals surface area contributed by atoms with Crippen LogP contribution in [0.1, 0.15) is 19.3 Å². The van der Waals surface area contributed by atoms with Gasteiger partial charge in [0.05, 0.1) is 0 Å². The molecule has 4 aliphatic carbocycles. The molecule has 4 bridgehead atoms. The van der Waals surface area contributed by atoms with Gasteiger partial charge < -0.3 is 0 Å². The summed E-state index contributed by atoms with van der Waals surface area (Å²) in [5.41, 5.74) is 0. The van der Waals surface area contributed by atoms with E-state index in [1.165, 1.54) is 19.3 Å². The normalized spacial score (nSPS) is 61.2. The van der Waals surface area contributed by atoms with Gasteiger partial charge in [-0.15, -0.1) is 11.6 Å². The van der Waals surface area contributed by atoms with Gasteiger partial charge in [0, 0.05) is 14.2 Å². The lowest BCUT2D eigenvalue weighted by atomic mass is 9.73. The van der Waals surface area contributed by atoms with E-state index < -0.39 is 8.80 Å². The largest absolute Gasteiger partial charge is 0.123 e.